The Balaban J connectivity index is 1.36. The Morgan fingerprint density at radius 1 is 1.06 bits per heavy atom. The molecule has 47 heavy (non-hydrogen) atoms. The number of halogens is 1. The number of anilines is 1. The van der Waals surface area contributed by atoms with Crippen molar-refractivity contribution < 1.29 is 32.0 Å². The van der Waals surface area contributed by atoms with Crippen molar-refractivity contribution in [2.45, 2.75) is 43.0 Å². The van der Waals surface area contributed by atoms with Gasteiger partial charge < -0.3 is 19.6 Å². The number of aromatic nitrogens is 2. The molecule has 1 N–H and O–H groups in total. The average Bonchev–Trinajstić information content (AvgIpc) is 3.39. The molecule has 2 aliphatic rings. The topological polar surface area (TPSA) is 115 Å². The van der Waals surface area contributed by atoms with Crippen LogP contribution in [0.15, 0.2) is 102 Å². The van der Waals surface area contributed by atoms with Gasteiger partial charge in [0.1, 0.15) is 35.4 Å². The predicted octanol–water partition coefficient (Wildman–Crippen LogP) is 6.13. The zero-order chi connectivity index (χ0) is 33.1. The van der Waals surface area contributed by atoms with Crippen molar-refractivity contribution in [3.63, 3.8) is 0 Å². The Morgan fingerprint density at radius 3 is 2.28 bits per heavy atom. The molecule has 11 nitrogen and oxygen atoms in total. The summed E-state index contributed by atoms with van der Waals surface area (Å²) in [6.45, 7) is 8.11. The van der Waals surface area contributed by atoms with Gasteiger partial charge in [0.25, 0.3) is 0 Å². The van der Waals surface area contributed by atoms with Gasteiger partial charge in [0.2, 0.25) is 6.54 Å². The molecule has 13 heteroatoms. The van der Waals surface area contributed by atoms with Gasteiger partial charge in [-0.2, -0.15) is 4.98 Å². The Hall–Kier alpha value is -4.37. The minimum Gasteiger partial charge on any atom is -0.497 e. The lowest BCUT2D eigenvalue weighted by molar-refractivity contribution is -0.148. The number of alkyl halides is 1. The van der Waals surface area contributed by atoms with Crippen LogP contribution in [-0.2, 0) is 28.4 Å². The van der Waals surface area contributed by atoms with E-state index in [-0.39, 0.29) is 32.0 Å². The minimum absolute atomic E-state index is 0.0613. The van der Waals surface area contributed by atoms with Crippen molar-refractivity contribution in [1.29, 1.82) is 0 Å². The third-order valence-corrected chi connectivity index (χ3v) is 9.98. The van der Waals surface area contributed by atoms with Crippen LogP contribution >= 0.6 is 7.82 Å². The van der Waals surface area contributed by atoms with E-state index in [4.69, 9.17) is 29.6 Å². The normalized spacial score (nSPS) is 25.4. The predicted molar refractivity (Wildman–Crippen MR) is 172 cm³/mol. The summed E-state index contributed by atoms with van der Waals surface area (Å²) in [5, 5.41) is 3.53. The van der Waals surface area contributed by atoms with E-state index in [1.807, 2.05) is 84.9 Å². The number of fused-ring (bicyclic) bond motifs is 1. The molecule has 6 rings (SSSR count). The minimum atomic E-state index is -4.15. The van der Waals surface area contributed by atoms with Crippen molar-refractivity contribution in [2.24, 2.45) is 0 Å². The molecule has 5 atom stereocenters. The average molecular weight is 661 g/mol. The molecule has 0 saturated carbocycles. The number of rotatable bonds is 11. The van der Waals surface area contributed by atoms with E-state index in [0.717, 1.165) is 21.3 Å². The summed E-state index contributed by atoms with van der Waals surface area (Å²) in [4.78, 5) is 21.1. The van der Waals surface area contributed by atoms with Crippen LogP contribution in [0.4, 0.5) is 10.2 Å². The maximum atomic E-state index is 16.1. The fourth-order valence-corrected chi connectivity index (χ4v) is 7.57. The zero-order valence-corrected chi connectivity index (χ0v) is 26.7. The number of benzene rings is 3. The van der Waals surface area contributed by atoms with Gasteiger partial charge in [-0.15, -0.1) is 0 Å². The lowest BCUT2D eigenvalue weighted by Crippen LogP contribution is -2.49. The summed E-state index contributed by atoms with van der Waals surface area (Å²) in [6.07, 6.45) is -3.01. The Kier molecular flexibility index (Phi) is 9.28. The van der Waals surface area contributed by atoms with Crippen LogP contribution in [-0.4, -0.2) is 54.3 Å². The number of ether oxygens (including phenoxy) is 2. The first-order valence-electron chi connectivity index (χ1n) is 15.1. The highest BCUT2D eigenvalue weighted by atomic mass is 31.2. The maximum absolute atomic E-state index is 16.1. The molecule has 1 unspecified atom stereocenters. The van der Waals surface area contributed by atoms with Gasteiger partial charge in [-0.1, -0.05) is 79.7 Å². The molecule has 1 aromatic heterocycles. The molecule has 2 aliphatic heterocycles. The van der Waals surface area contributed by atoms with E-state index in [9.17, 15) is 9.36 Å². The number of phosphoric acid groups is 1. The van der Waals surface area contributed by atoms with Crippen LogP contribution in [0.1, 0.15) is 36.3 Å². The SMILES string of the molecule is [C-]#[N+]CCOP1(=O)OC[C@@]2(CC)O[C@@H](n3ccc(NC(c4ccccc4)(c4ccccc4)c4ccc(OC)cc4)nc3=O)[C@H](F)[C@@H]2O1. The lowest BCUT2D eigenvalue weighted by Gasteiger charge is -2.39. The lowest BCUT2D eigenvalue weighted by atomic mass is 9.77. The van der Waals surface area contributed by atoms with Gasteiger partial charge in [-0.25, -0.2) is 20.3 Å². The Morgan fingerprint density at radius 2 is 1.70 bits per heavy atom. The fourth-order valence-electron chi connectivity index (χ4n) is 6.11. The number of hydrogen-bond acceptors (Lipinski definition) is 9. The second-order valence-corrected chi connectivity index (χ2v) is 12.8. The van der Waals surface area contributed by atoms with Gasteiger partial charge in [0.15, 0.2) is 12.4 Å². The van der Waals surface area contributed by atoms with Gasteiger partial charge in [-0.05, 0) is 41.3 Å². The highest BCUT2D eigenvalue weighted by Crippen LogP contribution is 2.60. The van der Waals surface area contributed by atoms with Crippen molar-refractivity contribution in [3.8, 4) is 5.75 Å². The van der Waals surface area contributed by atoms with Crippen molar-refractivity contribution in [3.05, 3.63) is 136 Å². The zero-order valence-electron chi connectivity index (χ0n) is 25.8. The van der Waals surface area contributed by atoms with Gasteiger partial charge in [0.05, 0.1) is 13.7 Å². The van der Waals surface area contributed by atoms with Crippen molar-refractivity contribution in [1.82, 2.24) is 9.55 Å². The van der Waals surface area contributed by atoms with Crippen LogP contribution in [0.2, 0.25) is 0 Å². The third kappa shape index (κ3) is 6.09. The first-order chi connectivity index (χ1) is 22.8. The Labute approximate surface area is 271 Å². The van der Waals surface area contributed by atoms with Gasteiger partial charge in [-0.3, -0.25) is 18.1 Å². The number of nitrogens with one attached hydrogen (secondary N) is 1. The number of hydrogen-bond donors (Lipinski definition) is 1. The molecule has 244 valence electrons. The highest BCUT2D eigenvalue weighted by Gasteiger charge is 2.62. The van der Waals surface area contributed by atoms with Crippen LogP contribution in [0.25, 0.3) is 4.85 Å². The van der Waals surface area contributed by atoms with Crippen LogP contribution < -0.4 is 15.7 Å². The smallest absolute Gasteiger partial charge is 0.475 e. The van der Waals surface area contributed by atoms with E-state index < -0.39 is 43.2 Å². The molecule has 3 heterocycles. The van der Waals surface area contributed by atoms with E-state index in [1.165, 1.54) is 6.20 Å². The molecule has 2 saturated heterocycles. The third-order valence-electron chi connectivity index (χ3n) is 8.55. The summed E-state index contributed by atoms with van der Waals surface area (Å²) < 4.78 is 57.9. The van der Waals surface area contributed by atoms with Crippen molar-refractivity contribution in [2.75, 3.05) is 32.2 Å². The second kappa shape index (κ2) is 13.4. The molecule has 0 spiro atoms. The summed E-state index contributed by atoms with van der Waals surface area (Å²) >= 11 is 0. The maximum Gasteiger partial charge on any atom is 0.475 e. The van der Waals surface area contributed by atoms with Gasteiger partial charge >= 0.3 is 13.5 Å². The standard InChI is InChI=1S/C34H34FN4O7P/c1-4-33-23-44-47(41,43-22-20-36-2)46-30(33)29(35)31(45-33)39-21-19-28(37-32(39)40)38-34(24-11-7-5-8-12-24,25-13-9-6-10-14-25)26-15-17-27(42-3)18-16-26/h5-19,21,29-31H,4,20,22-23H2,1,3H3,(H,37,38,40)/t29-,30+,31-,33-,47?/m1/s1. The highest BCUT2D eigenvalue weighted by molar-refractivity contribution is 7.48. The largest absolute Gasteiger partial charge is 0.497 e. The molecule has 4 aromatic rings. The number of nitrogens with zero attached hydrogens (tertiary/aromatic N) is 3. The quantitative estimate of drug-likeness (QED) is 0.0878. The van der Waals surface area contributed by atoms with Crippen LogP contribution in [0, 0.1) is 6.57 Å². The van der Waals surface area contributed by atoms with E-state index >= 15 is 4.39 Å². The van der Waals surface area contributed by atoms with E-state index in [1.54, 1.807) is 20.1 Å². The Bertz CT molecular complexity index is 1800. The molecular weight excluding hydrogens is 626 g/mol. The molecule has 3 aromatic carbocycles. The summed E-state index contributed by atoms with van der Waals surface area (Å²) in [5.41, 5.74) is -0.442. The van der Waals surface area contributed by atoms with Gasteiger partial charge in [0, 0.05) is 6.20 Å². The fraction of sp³-hybridized carbons (Fsp3) is 0.324. The number of phosphoric ester groups is 1. The first-order valence-corrected chi connectivity index (χ1v) is 16.6. The molecule has 0 amide bonds. The summed E-state index contributed by atoms with van der Waals surface area (Å²) in [6, 6.07) is 28.8. The molecule has 0 aliphatic carbocycles. The molecule has 0 bridgehead atoms. The monoisotopic (exact) mass is 660 g/mol. The van der Waals surface area contributed by atoms with Crippen molar-refractivity contribution >= 4 is 13.6 Å². The van der Waals surface area contributed by atoms with E-state index in [0.29, 0.717) is 5.75 Å². The van der Waals surface area contributed by atoms with E-state index in [2.05, 4.69) is 15.1 Å². The molecule has 0 radical (unpaired) electrons. The van der Waals surface area contributed by atoms with Crippen LogP contribution in [0.3, 0.4) is 0 Å². The molecular formula is C34H34FN4O7P. The first kappa shape index (κ1) is 32.6. The number of methoxy groups -OCH3 is 1. The van der Waals surface area contributed by atoms with Crippen LogP contribution in [0.5, 0.6) is 5.75 Å². The second-order valence-electron chi connectivity index (χ2n) is 11.2. The summed E-state index contributed by atoms with van der Waals surface area (Å²) in [5.74, 6) is 0.927. The summed E-state index contributed by atoms with van der Waals surface area (Å²) in [7, 11) is -2.54. The molecule has 2 fully saturated rings.